The highest BCUT2D eigenvalue weighted by Crippen LogP contribution is 2.35. The van der Waals surface area contributed by atoms with Gasteiger partial charge < -0.3 is 18.8 Å². The monoisotopic (exact) mass is 338 g/mol. The van der Waals surface area contributed by atoms with Crippen molar-refractivity contribution in [2.75, 3.05) is 0 Å². The van der Waals surface area contributed by atoms with Gasteiger partial charge in [0.25, 0.3) is 0 Å². The van der Waals surface area contributed by atoms with Crippen LogP contribution < -0.4 is 9.81 Å². The average Bonchev–Trinajstić information content (AvgIpc) is 2.34. The SMILES string of the molecule is Cc1cc(OS(=O)(=O)O)cc2oc(=O)c3c(O)cc(O)cc3c12. The van der Waals surface area contributed by atoms with Gasteiger partial charge in [0, 0.05) is 22.9 Å². The number of aromatic hydroxyl groups is 2. The van der Waals surface area contributed by atoms with Crippen molar-refractivity contribution in [1.29, 1.82) is 0 Å². The number of phenolic OH excluding ortho intramolecular Hbond substituents is 2. The lowest BCUT2D eigenvalue weighted by Crippen LogP contribution is -2.07. The largest absolute Gasteiger partial charge is 0.508 e. The molecule has 3 N–H and O–H groups in total. The summed E-state index contributed by atoms with van der Waals surface area (Å²) in [5.74, 6) is -0.933. The zero-order chi connectivity index (χ0) is 16.9. The molecule has 9 heteroatoms. The summed E-state index contributed by atoms with van der Waals surface area (Å²) in [4.78, 5) is 12.0. The van der Waals surface area contributed by atoms with Gasteiger partial charge in [-0.15, -0.1) is 0 Å². The molecule has 23 heavy (non-hydrogen) atoms. The summed E-state index contributed by atoms with van der Waals surface area (Å²) in [6.45, 7) is 1.58. The Balaban J connectivity index is 2.45. The van der Waals surface area contributed by atoms with Crippen LogP contribution in [0.1, 0.15) is 5.56 Å². The Morgan fingerprint density at radius 1 is 1.09 bits per heavy atom. The van der Waals surface area contributed by atoms with Gasteiger partial charge in [0.05, 0.1) is 0 Å². The summed E-state index contributed by atoms with van der Waals surface area (Å²) in [5.41, 5.74) is -0.445. The average molecular weight is 338 g/mol. The lowest BCUT2D eigenvalue weighted by molar-refractivity contribution is 0.386. The van der Waals surface area contributed by atoms with Crippen LogP contribution in [0.2, 0.25) is 0 Å². The normalized spacial score (nSPS) is 11.9. The van der Waals surface area contributed by atoms with Gasteiger partial charge in [-0.25, -0.2) is 4.79 Å². The van der Waals surface area contributed by atoms with Crippen LogP contribution >= 0.6 is 0 Å². The third kappa shape index (κ3) is 2.67. The summed E-state index contributed by atoms with van der Waals surface area (Å²) in [6, 6.07) is 4.70. The Kier molecular flexibility index (Phi) is 3.20. The quantitative estimate of drug-likeness (QED) is 0.366. The number of fused-ring (bicyclic) bond motifs is 3. The van der Waals surface area contributed by atoms with Crippen molar-refractivity contribution >= 4 is 32.1 Å². The zero-order valence-electron chi connectivity index (χ0n) is 11.6. The van der Waals surface area contributed by atoms with Crippen molar-refractivity contribution in [3.05, 3.63) is 40.2 Å². The molecule has 1 aromatic heterocycles. The molecule has 2 aromatic carbocycles. The summed E-state index contributed by atoms with van der Waals surface area (Å²) in [7, 11) is -4.73. The van der Waals surface area contributed by atoms with Crippen molar-refractivity contribution in [2.45, 2.75) is 6.92 Å². The maximum Gasteiger partial charge on any atom is 0.446 e. The van der Waals surface area contributed by atoms with Gasteiger partial charge in [0.1, 0.15) is 28.2 Å². The number of aryl methyl sites for hydroxylation is 1. The van der Waals surface area contributed by atoms with E-state index in [-0.39, 0.29) is 27.9 Å². The van der Waals surface area contributed by atoms with E-state index < -0.39 is 21.8 Å². The molecule has 0 saturated carbocycles. The molecule has 0 amide bonds. The van der Waals surface area contributed by atoms with E-state index in [4.69, 9.17) is 8.97 Å². The highest BCUT2D eigenvalue weighted by atomic mass is 32.3. The van der Waals surface area contributed by atoms with Gasteiger partial charge in [-0.3, -0.25) is 4.55 Å². The van der Waals surface area contributed by atoms with Crippen molar-refractivity contribution in [2.24, 2.45) is 0 Å². The number of benzene rings is 2. The van der Waals surface area contributed by atoms with E-state index in [1.807, 2.05) is 0 Å². The van der Waals surface area contributed by atoms with Gasteiger partial charge in [-0.1, -0.05) is 0 Å². The van der Waals surface area contributed by atoms with Crippen molar-refractivity contribution in [1.82, 2.24) is 0 Å². The van der Waals surface area contributed by atoms with Crippen LogP contribution in [0.5, 0.6) is 17.2 Å². The van der Waals surface area contributed by atoms with E-state index in [2.05, 4.69) is 4.18 Å². The second-order valence-electron chi connectivity index (χ2n) is 4.90. The third-order valence-electron chi connectivity index (χ3n) is 3.25. The van der Waals surface area contributed by atoms with Gasteiger partial charge in [0.15, 0.2) is 0 Å². The molecule has 8 nitrogen and oxygen atoms in total. The molecule has 0 atom stereocenters. The predicted molar refractivity (Wildman–Crippen MR) is 80.2 cm³/mol. The van der Waals surface area contributed by atoms with E-state index in [0.717, 1.165) is 12.1 Å². The van der Waals surface area contributed by atoms with Crippen LogP contribution in [-0.4, -0.2) is 23.2 Å². The molecule has 3 aromatic rings. The van der Waals surface area contributed by atoms with Gasteiger partial charge in [-0.05, 0) is 24.6 Å². The molecule has 0 aliphatic carbocycles. The molecule has 0 saturated heterocycles. The van der Waals surface area contributed by atoms with Gasteiger partial charge in [0.2, 0.25) is 0 Å². The standard InChI is InChI=1S/C14H10O8S/c1-6-2-8(22-23(18,19)20)5-11-12(6)9-3-7(15)4-10(16)13(9)14(17)21-11/h2-5,15-16H,1H3,(H,18,19,20). The Morgan fingerprint density at radius 2 is 1.78 bits per heavy atom. The number of phenols is 2. The number of hydrogen-bond donors (Lipinski definition) is 3. The van der Waals surface area contributed by atoms with E-state index in [1.165, 1.54) is 12.1 Å². The van der Waals surface area contributed by atoms with E-state index in [0.29, 0.717) is 10.9 Å². The summed E-state index contributed by atoms with van der Waals surface area (Å²) < 4.78 is 39.7. The Bertz CT molecular complexity index is 1110. The second-order valence-corrected chi connectivity index (χ2v) is 5.92. The number of rotatable bonds is 2. The molecule has 3 rings (SSSR count). The summed E-state index contributed by atoms with van der Waals surface area (Å²) in [6.07, 6.45) is 0. The minimum absolute atomic E-state index is 0.0221. The topological polar surface area (TPSA) is 134 Å². The van der Waals surface area contributed by atoms with Gasteiger partial charge >= 0.3 is 16.0 Å². The fourth-order valence-electron chi connectivity index (χ4n) is 2.49. The van der Waals surface area contributed by atoms with E-state index in [1.54, 1.807) is 6.92 Å². The van der Waals surface area contributed by atoms with Crippen LogP contribution in [0.25, 0.3) is 21.7 Å². The first-order valence-electron chi connectivity index (χ1n) is 6.26. The second kappa shape index (κ2) is 4.86. The Hall–Kier alpha value is -2.78. The molecule has 0 aliphatic rings. The molecule has 0 spiro atoms. The maximum atomic E-state index is 12.0. The molecule has 1 heterocycles. The smallest absolute Gasteiger partial charge is 0.446 e. The highest BCUT2D eigenvalue weighted by molar-refractivity contribution is 7.81. The minimum atomic E-state index is -4.73. The number of hydrogen-bond acceptors (Lipinski definition) is 7. The van der Waals surface area contributed by atoms with Crippen molar-refractivity contribution < 1.29 is 31.8 Å². The maximum absolute atomic E-state index is 12.0. The highest BCUT2D eigenvalue weighted by Gasteiger charge is 2.17. The van der Waals surface area contributed by atoms with Crippen LogP contribution in [-0.2, 0) is 10.4 Å². The van der Waals surface area contributed by atoms with E-state index >= 15 is 0 Å². The van der Waals surface area contributed by atoms with E-state index in [9.17, 15) is 23.4 Å². The minimum Gasteiger partial charge on any atom is -0.508 e. The lowest BCUT2D eigenvalue weighted by Gasteiger charge is -2.09. The first-order valence-corrected chi connectivity index (χ1v) is 7.62. The first kappa shape index (κ1) is 15.1. The molecule has 0 bridgehead atoms. The fourth-order valence-corrected chi connectivity index (χ4v) is 2.83. The Labute approximate surface area is 129 Å². The Morgan fingerprint density at radius 3 is 2.43 bits per heavy atom. The molecule has 0 fully saturated rings. The van der Waals surface area contributed by atoms with Crippen LogP contribution in [0.4, 0.5) is 0 Å². The van der Waals surface area contributed by atoms with Crippen molar-refractivity contribution in [3.8, 4) is 17.2 Å². The zero-order valence-corrected chi connectivity index (χ0v) is 12.4. The van der Waals surface area contributed by atoms with Crippen molar-refractivity contribution in [3.63, 3.8) is 0 Å². The molecule has 0 radical (unpaired) electrons. The third-order valence-corrected chi connectivity index (χ3v) is 3.66. The first-order chi connectivity index (χ1) is 10.7. The van der Waals surface area contributed by atoms with Crippen LogP contribution in [0.3, 0.4) is 0 Å². The lowest BCUT2D eigenvalue weighted by atomic mass is 10.0. The fraction of sp³-hybridized carbons (Fsp3) is 0.0714. The summed E-state index contributed by atoms with van der Waals surface area (Å²) in [5, 5.41) is 20.0. The van der Waals surface area contributed by atoms with Crippen LogP contribution in [0.15, 0.2) is 33.5 Å². The van der Waals surface area contributed by atoms with Crippen LogP contribution in [0, 0.1) is 6.92 Å². The predicted octanol–water partition coefficient (Wildman–Crippen LogP) is 1.85. The molecular weight excluding hydrogens is 328 g/mol. The molecule has 0 unspecified atom stereocenters. The molecular formula is C14H10O8S. The summed E-state index contributed by atoms with van der Waals surface area (Å²) >= 11 is 0. The van der Waals surface area contributed by atoms with Gasteiger partial charge in [-0.2, -0.15) is 8.42 Å². The molecule has 0 aliphatic heterocycles. The molecule has 120 valence electrons.